The first-order valence-corrected chi connectivity index (χ1v) is 10.6. The molecule has 3 rings (SSSR count). The number of likely N-dealkylation sites (tertiary alicyclic amines) is 1. The van der Waals surface area contributed by atoms with Crippen molar-refractivity contribution in [2.24, 2.45) is 5.92 Å². The van der Waals surface area contributed by atoms with Crippen LogP contribution in [0.3, 0.4) is 0 Å². The van der Waals surface area contributed by atoms with Gasteiger partial charge in [0.25, 0.3) is 0 Å². The van der Waals surface area contributed by atoms with Gasteiger partial charge in [0, 0.05) is 36.7 Å². The van der Waals surface area contributed by atoms with Crippen molar-refractivity contribution in [1.82, 2.24) is 15.2 Å². The Hall–Kier alpha value is -2.12. The minimum absolute atomic E-state index is 0.0255. The highest BCUT2D eigenvalue weighted by atomic mass is 32.1. The number of carbonyl (C=O) groups is 1. The van der Waals surface area contributed by atoms with E-state index in [9.17, 15) is 4.79 Å². The third-order valence-corrected chi connectivity index (χ3v) is 6.11. The number of piperidine rings is 1. The molecular weight excluding hydrogens is 374 g/mol. The van der Waals surface area contributed by atoms with Gasteiger partial charge in [-0.15, -0.1) is 11.3 Å². The number of carbonyl (C=O) groups excluding carboxylic acids is 1. The largest absolute Gasteiger partial charge is 0.493 e. The van der Waals surface area contributed by atoms with E-state index in [4.69, 9.17) is 9.47 Å². The first-order valence-electron chi connectivity index (χ1n) is 9.77. The molecule has 1 saturated heterocycles. The maximum absolute atomic E-state index is 12.1. The van der Waals surface area contributed by atoms with Crippen LogP contribution in [0.5, 0.6) is 11.5 Å². The Morgan fingerprint density at radius 2 is 2.25 bits per heavy atom. The maximum atomic E-state index is 12.1. The van der Waals surface area contributed by atoms with Crippen molar-refractivity contribution in [2.45, 2.75) is 38.8 Å². The number of aromatic nitrogens is 1. The van der Waals surface area contributed by atoms with Gasteiger partial charge in [0.05, 0.1) is 20.3 Å². The summed E-state index contributed by atoms with van der Waals surface area (Å²) in [6, 6.07) is 5.97. The van der Waals surface area contributed by atoms with Crippen molar-refractivity contribution in [2.75, 3.05) is 27.3 Å². The van der Waals surface area contributed by atoms with Gasteiger partial charge in [0.15, 0.2) is 11.5 Å². The maximum Gasteiger partial charge on any atom is 0.220 e. The van der Waals surface area contributed by atoms with Crippen molar-refractivity contribution in [3.63, 3.8) is 0 Å². The number of hydrogen-bond donors (Lipinski definition) is 1. The number of ether oxygens (including phenoxy) is 2. The molecule has 0 spiro atoms. The lowest BCUT2D eigenvalue weighted by Crippen LogP contribution is -2.42. The highest BCUT2D eigenvalue weighted by Crippen LogP contribution is 2.35. The summed E-state index contributed by atoms with van der Waals surface area (Å²) < 4.78 is 11.0. The van der Waals surface area contributed by atoms with Gasteiger partial charge in [0.1, 0.15) is 5.01 Å². The summed E-state index contributed by atoms with van der Waals surface area (Å²) in [5.74, 6) is 1.96. The number of rotatable bonds is 8. The average Bonchev–Trinajstić information content (AvgIpc) is 3.26. The second kappa shape index (κ2) is 9.89. The molecule has 1 aliphatic heterocycles. The Morgan fingerprint density at radius 3 is 2.93 bits per heavy atom. The van der Waals surface area contributed by atoms with Crippen LogP contribution in [0.4, 0.5) is 0 Å². The Labute approximate surface area is 170 Å². The van der Waals surface area contributed by atoms with Crippen LogP contribution in [0.1, 0.15) is 42.8 Å². The van der Waals surface area contributed by atoms with E-state index >= 15 is 0 Å². The molecule has 0 saturated carbocycles. The van der Waals surface area contributed by atoms with Gasteiger partial charge in [-0.2, -0.15) is 0 Å². The van der Waals surface area contributed by atoms with Gasteiger partial charge in [-0.25, -0.2) is 4.98 Å². The highest BCUT2D eigenvalue weighted by molar-refractivity contribution is 7.09. The fourth-order valence-electron chi connectivity index (χ4n) is 3.87. The average molecular weight is 404 g/mol. The number of nitrogens with one attached hydrogen (secondary N) is 1. The van der Waals surface area contributed by atoms with Gasteiger partial charge in [-0.05, 0) is 31.4 Å². The number of methoxy groups -OCH3 is 2. The summed E-state index contributed by atoms with van der Waals surface area (Å²) in [7, 11) is 3.34. The molecule has 0 aliphatic carbocycles. The molecule has 1 aromatic carbocycles. The molecule has 1 fully saturated rings. The van der Waals surface area contributed by atoms with Gasteiger partial charge < -0.3 is 14.8 Å². The molecule has 2 heterocycles. The third-order valence-electron chi connectivity index (χ3n) is 5.25. The summed E-state index contributed by atoms with van der Waals surface area (Å²) in [4.78, 5) is 19.0. The topological polar surface area (TPSA) is 63.7 Å². The van der Waals surface area contributed by atoms with Crippen molar-refractivity contribution >= 4 is 17.2 Å². The van der Waals surface area contributed by atoms with Gasteiger partial charge >= 0.3 is 0 Å². The predicted octanol–water partition coefficient (Wildman–Crippen LogP) is 3.64. The van der Waals surface area contributed by atoms with Crippen LogP contribution in [0, 0.1) is 5.92 Å². The molecule has 0 bridgehead atoms. The van der Waals surface area contributed by atoms with Crippen molar-refractivity contribution in [1.29, 1.82) is 0 Å². The van der Waals surface area contributed by atoms with Crippen LogP contribution < -0.4 is 14.8 Å². The Morgan fingerprint density at radius 1 is 1.39 bits per heavy atom. The summed E-state index contributed by atoms with van der Waals surface area (Å²) in [5.41, 5.74) is 1.12. The minimum Gasteiger partial charge on any atom is -0.493 e. The quantitative estimate of drug-likeness (QED) is 0.729. The number of nitrogens with zero attached hydrogens (tertiary/aromatic N) is 2. The Bertz CT molecular complexity index is 766. The third kappa shape index (κ3) is 4.83. The van der Waals surface area contributed by atoms with Crippen LogP contribution in [0.25, 0.3) is 0 Å². The molecule has 152 valence electrons. The molecule has 1 aromatic heterocycles. The summed E-state index contributed by atoms with van der Waals surface area (Å²) in [5, 5.41) is 6.17. The van der Waals surface area contributed by atoms with Gasteiger partial charge in [-0.3, -0.25) is 9.69 Å². The van der Waals surface area contributed by atoms with E-state index in [1.54, 1.807) is 25.6 Å². The molecule has 7 heteroatoms. The monoisotopic (exact) mass is 403 g/mol. The number of hydrogen-bond acceptors (Lipinski definition) is 6. The lowest BCUT2D eigenvalue weighted by atomic mass is 9.90. The van der Waals surface area contributed by atoms with E-state index in [-0.39, 0.29) is 11.9 Å². The Balaban J connectivity index is 1.75. The zero-order valence-electron chi connectivity index (χ0n) is 16.8. The normalized spacial score (nSPS) is 18.5. The van der Waals surface area contributed by atoms with E-state index in [1.165, 1.54) is 0 Å². The number of para-hydroxylation sites is 1. The molecule has 28 heavy (non-hydrogen) atoms. The number of thiazole rings is 1. The second-order valence-corrected chi connectivity index (χ2v) is 7.99. The molecule has 1 amide bonds. The highest BCUT2D eigenvalue weighted by Gasteiger charge is 2.31. The smallest absolute Gasteiger partial charge is 0.220 e. The predicted molar refractivity (Wildman–Crippen MR) is 111 cm³/mol. The molecule has 2 atom stereocenters. The lowest BCUT2D eigenvalue weighted by molar-refractivity contribution is -0.122. The summed E-state index contributed by atoms with van der Waals surface area (Å²) in [6.07, 6.45) is 4.48. The van der Waals surface area contributed by atoms with Gasteiger partial charge in [-0.1, -0.05) is 19.1 Å². The number of amides is 1. The van der Waals surface area contributed by atoms with E-state index in [2.05, 4.69) is 21.3 Å². The zero-order chi connectivity index (χ0) is 19.9. The van der Waals surface area contributed by atoms with E-state index in [1.807, 2.05) is 30.6 Å². The van der Waals surface area contributed by atoms with Crippen LogP contribution >= 0.6 is 11.3 Å². The zero-order valence-corrected chi connectivity index (χ0v) is 17.6. The van der Waals surface area contributed by atoms with Crippen molar-refractivity contribution < 1.29 is 14.3 Å². The van der Waals surface area contributed by atoms with Crippen LogP contribution in [-0.2, 0) is 11.3 Å². The SMILES string of the molecule is CCC(=O)NC(c1nccs1)C1CCCN(Cc2cccc(OC)c2OC)C1. The van der Waals surface area contributed by atoms with E-state index in [0.29, 0.717) is 12.3 Å². The van der Waals surface area contributed by atoms with Crippen molar-refractivity contribution in [3.05, 3.63) is 40.3 Å². The molecule has 6 nitrogen and oxygen atoms in total. The van der Waals surface area contributed by atoms with Crippen molar-refractivity contribution in [3.8, 4) is 11.5 Å². The molecule has 2 aromatic rings. The molecule has 1 aliphatic rings. The fourth-order valence-corrected chi connectivity index (χ4v) is 4.65. The van der Waals surface area contributed by atoms with Gasteiger partial charge in [0.2, 0.25) is 5.91 Å². The molecule has 1 N–H and O–H groups in total. The first kappa shape index (κ1) is 20.6. The molecular formula is C21H29N3O3S. The minimum atomic E-state index is -0.0255. The number of benzene rings is 1. The standard InChI is InChI=1S/C21H29N3O3S/c1-4-18(25)23-19(21-22-10-12-28-21)15-8-6-11-24(13-15)14-16-7-5-9-17(26-2)20(16)27-3/h5,7,9-10,12,15,19H,4,6,8,11,13-14H2,1-3H3,(H,23,25). The van der Waals surface area contributed by atoms with Crippen LogP contribution in [0.15, 0.2) is 29.8 Å². The molecule has 2 unspecified atom stereocenters. The van der Waals surface area contributed by atoms with Crippen LogP contribution in [0.2, 0.25) is 0 Å². The fraction of sp³-hybridized carbons (Fsp3) is 0.524. The Kier molecular flexibility index (Phi) is 7.28. The first-order chi connectivity index (χ1) is 13.7. The summed E-state index contributed by atoms with van der Waals surface area (Å²) >= 11 is 1.61. The van der Waals surface area contributed by atoms with E-state index in [0.717, 1.165) is 54.5 Å². The van der Waals surface area contributed by atoms with Crippen LogP contribution in [-0.4, -0.2) is 43.1 Å². The second-order valence-electron chi connectivity index (χ2n) is 7.06. The lowest BCUT2D eigenvalue weighted by Gasteiger charge is -2.36. The summed E-state index contributed by atoms with van der Waals surface area (Å²) in [6.45, 7) is 4.62. The molecule has 0 radical (unpaired) electrons. The van der Waals surface area contributed by atoms with E-state index < -0.39 is 0 Å².